The molecule has 124 valence electrons. The number of ether oxygens (including phenoxy) is 1. The van der Waals surface area contributed by atoms with Gasteiger partial charge < -0.3 is 4.74 Å². The molecule has 3 nitrogen and oxygen atoms in total. The van der Waals surface area contributed by atoms with E-state index in [1.165, 1.54) is 5.56 Å². The van der Waals surface area contributed by atoms with Crippen molar-refractivity contribution in [3.63, 3.8) is 0 Å². The number of ketones is 2. The highest BCUT2D eigenvalue weighted by molar-refractivity contribution is 6.14. The van der Waals surface area contributed by atoms with Crippen LogP contribution in [0.1, 0.15) is 53.9 Å². The lowest BCUT2D eigenvalue weighted by molar-refractivity contribution is -0.125. The molecule has 1 saturated carbocycles. The van der Waals surface area contributed by atoms with Gasteiger partial charge in [0.1, 0.15) is 11.7 Å². The molecule has 1 aliphatic heterocycles. The molecule has 0 N–H and O–H groups in total. The lowest BCUT2D eigenvalue weighted by Crippen LogP contribution is -2.23. The van der Waals surface area contributed by atoms with Gasteiger partial charge in [-0.15, -0.1) is 0 Å². The summed E-state index contributed by atoms with van der Waals surface area (Å²) < 4.78 is 5.52. The first-order chi connectivity index (χ1) is 11.0. The summed E-state index contributed by atoms with van der Waals surface area (Å²) in [5.41, 5.74) is 4.26. The van der Waals surface area contributed by atoms with Gasteiger partial charge in [0.25, 0.3) is 0 Å². The third-order valence-corrected chi connectivity index (χ3v) is 5.36. The molecule has 0 amide bonds. The first-order valence-corrected chi connectivity index (χ1v) is 8.69. The van der Waals surface area contributed by atoms with Crippen LogP contribution in [0.25, 0.3) is 0 Å². The molecule has 3 rings (SSSR count). The summed E-state index contributed by atoms with van der Waals surface area (Å²) in [7, 11) is 0. The highest BCUT2D eigenvalue weighted by Crippen LogP contribution is 2.39. The van der Waals surface area contributed by atoms with Gasteiger partial charge in [0, 0.05) is 25.6 Å². The predicted octanol–water partition coefficient (Wildman–Crippen LogP) is 3.67. The summed E-state index contributed by atoms with van der Waals surface area (Å²) >= 11 is 0. The molecule has 1 aromatic carbocycles. The van der Waals surface area contributed by atoms with Crippen LogP contribution in [-0.2, 0) is 14.3 Å². The molecule has 0 radical (unpaired) electrons. The number of Topliss-reactive ketones (excluding diaryl/α,β-unsaturated/α-hetero) is 2. The fourth-order valence-corrected chi connectivity index (χ4v) is 4.40. The summed E-state index contributed by atoms with van der Waals surface area (Å²) in [4.78, 5) is 25.5. The van der Waals surface area contributed by atoms with Crippen LogP contribution < -0.4 is 0 Å². The largest absolute Gasteiger partial charge is 0.381 e. The minimum Gasteiger partial charge on any atom is -0.381 e. The molecule has 2 fully saturated rings. The van der Waals surface area contributed by atoms with E-state index in [0.717, 1.165) is 49.2 Å². The number of benzene rings is 1. The first kappa shape index (κ1) is 16.4. The summed E-state index contributed by atoms with van der Waals surface area (Å²) in [6.45, 7) is 7.65. The topological polar surface area (TPSA) is 43.4 Å². The molecule has 3 atom stereocenters. The van der Waals surface area contributed by atoms with Crippen molar-refractivity contribution in [2.75, 3.05) is 13.2 Å². The molecule has 2 aliphatic rings. The number of hydrogen-bond acceptors (Lipinski definition) is 3. The highest BCUT2D eigenvalue weighted by atomic mass is 16.5. The number of rotatable bonds is 3. The van der Waals surface area contributed by atoms with Crippen LogP contribution in [0.5, 0.6) is 0 Å². The van der Waals surface area contributed by atoms with Crippen molar-refractivity contribution < 1.29 is 14.3 Å². The lowest BCUT2D eigenvalue weighted by atomic mass is 9.84. The van der Waals surface area contributed by atoms with Crippen LogP contribution >= 0.6 is 0 Å². The van der Waals surface area contributed by atoms with E-state index in [1.54, 1.807) is 0 Å². The highest BCUT2D eigenvalue weighted by Gasteiger charge is 2.43. The Kier molecular flexibility index (Phi) is 4.67. The van der Waals surface area contributed by atoms with Crippen molar-refractivity contribution in [1.29, 1.82) is 0 Å². The van der Waals surface area contributed by atoms with Crippen LogP contribution in [0.3, 0.4) is 0 Å². The number of hydrogen-bond donors (Lipinski definition) is 0. The van der Waals surface area contributed by atoms with Gasteiger partial charge in [0.15, 0.2) is 5.78 Å². The van der Waals surface area contributed by atoms with E-state index in [0.29, 0.717) is 12.3 Å². The average molecular weight is 314 g/mol. The molecule has 0 spiro atoms. The van der Waals surface area contributed by atoms with E-state index >= 15 is 0 Å². The van der Waals surface area contributed by atoms with E-state index in [4.69, 9.17) is 4.74 Å². The Morgan fingerprint density at radius 3 is 2.43 bits per heavy atom. The van der Waals surface area contributed by atoms with Gasteiger partial charge in [-0.05, 0) is 62.6 Å². The molecule has 1 saturated heterocycles. The van der Waals surface area contributed by atoms with Gasteiger partial charge in [-0.25, -0.2) is 0 Å². The van der Waals surface area contributed by atoms with Crippen molar-refractivity contribution in [2.45, 2.75) is 52.4 Å². The Labute approximate surface area is 138 Å². The fourth-order valence-electron chi connectivity index (χ4n) is 4.40. The second-order valence-electron chi connectivity index (χ2n) is 7.33. The Hall–Kier alpha value is -1.48. The first-order valence-electron chi connectivity index (χ1n) is 8.69. The second kappa shape index (κ2) is 6.56. The summed E-state index contributed by atoms with van der Waals surface area (Å²) in [6.07, 6.45) is 3.40. The standard InChI is InChI=1S/C20H26O3/c1-12-7-13(2)18(14(3)8-12)19-17(21)10-16(20(19)22)9-15-5-4-6-23-11-15/h7-8,15-16,19H,4-6,9-11H2,1-3H3. The molecule has 0 aromatic heterocycles. The number of aryl methyl sites for hydroxylation is 3. The minimum atomic E-state index is -0.537. The zero-order valence-electron chi connectivity index (χ0n) is 14.4. The Morgan fingerprint density at radius 2 is 1.83 bits per heavy atom. The SMILES string of the molecule is Cc1cc(C)c(C2C(=O)CC(CC3CCCOC3)C2=O)c(C)c1. The van der Waals surface area contributed by atoms with Gasteiger partial charge in [-0.1, -0.05) is 17.7 Å². The Bertz CT molecular complexity index is 603. The maximum Gasteiger partial charge on any atom is 0.151 e. The van der Waals surface area contributed by atoms with Crippen LogP contribution in [0.15, 0.2) is 12.1 Å². The van der Waals surface area contributed by atoms with Crippen LogP contribution in [-0.4, -0.2) is 24.8 Å². The van der Waals surface area contributed by atoms with Crippen molar-refractivity contribution in [2.24, 2.45) is 11.8 Å². The zero-order chi connectivity index (χ0) is 16.6. The van der Waals surface area contributed by atoms with Crippen molar-refractivity contribution in [3.8, 4) is 0 Å². The molecule has 23 heavy (non-hydrogen) atoms. The quantitative estimate of drug-likeness (QED) is 0.800. The Morgan fingerprint density at radius 1 is 1.13 bits per heavy atom. The van der Waals surface area contributed by atoms with Crippen LogP contribution in [0.4, 0.5) is 0 Å². The third kappa shape index (κ3) is 3.25. The summed E-state index contributed by atoms with van der Waals surface area (Å²) in [5, 5.41) is 0. The van der Waals surface area contributed by atoms with Crippen molar-refractivity contribution in [1.82, 2.24) is 0 Å². The average Bonchev–Trinajstić information content (AvgIpc) is 2.75. The van der Waals surface area contributed by atoms with Gasteiger partial charge in [-0.3, -0.25) is 9.59 Å². The maximum absolute atomic E-state index is 12.9. The molecule has 1 aromatic rings. The molecular formula is C20H26O3. The number of carbonyl (C=O) groups excluding carboxylic acids is 2. The van der Waals surface area contributed by atoms with Gasteiger partial charge in [0.05, 0.1) is 0 Å². The number of carbonyl (C=O) groups is 2. The van der Waals surface area contributed by atoms with E-state index in [1.807, 2.05) is 20.8 Å². The smallest absolute Gasteiger partial charge is 0.151 e. The normalized spacial score (nSPS) is 28.4. The van der Waals surface area contributed by atoms with E-state index < -0.39 is 5.92 Å². The molecular weight excluding hydrogens is 288 g/mol. The maximum atomic E-state index is 12.9. The summed E-state index contributed by atoms with van der Waals surface area (Å²) in [6, 6.07) is 4.15. The molecule has 0 bridgehead atoms. The van der Waals surface area contributed by atoms with Gasteiger partial charge in [-0.2, -0.15) is 0 Å². The van der Waals surface area contributed by atoms with Gasteiger partial charge >= 0.3 is 0 Å². The lowest BCUT2D eigenvalue weighted by Gasteiger charge is -2.24. The van der Waals surface area contributed by atoms with Crippen molar-refractivity contribution in [3.05, 3.63) is 34.4 Å². The van der Waals surface area contributed by atoms with Gasteiger partial charge in [0.2, 0.25) is 0 Å². The fraction of sp³-hybridized carbons (Fsp3) is 0.600. The monoisotopic (exact) mass is 314 g/mol. The van der Waals surface area contributed by atoms with Crippen molar-refractivity contribution >= 4 is 11.6 Å². The third-order valence-electron chi connectivity index (χ3n) is 5.36. The predicted molar refractivity (Wildman–Crippen MR) is 89.7 cm³/mol. The van der Waals surface area contributed by atoms with E-state index in [9.17, 15) is 9.59 Å². The van der Waals surface area contributed by atoms with E-state index in [-0.39, 0.29) is 17.5 Å². The van der Waals surface area contributed by atoms with E-state index in [2.05, 4.69) is 12.1 Å². The Balaban J connectivity index is 1.81. The van der Waals surface area contributed by atoms with Crippen LogP contribution in [0.2, 0.25) is 0 Å². The zero-order valence-corrected chi connectivity index (χ0v) is 14.4. The summed E-state index contributed by atoms with van der Waals surface area (Å²) in [5.74, 6) is 0.0243. The minimum absolute atomic E-state index is 0.104. The second-order valence-corrected chi connectivity index (χ2v) is 7.33. The van der Waals surface area contributed by atoms with Crippen LogP contribution in [0, 0.1) is 32.6 Å². The molecule has 1 aliphatic carbocycles. The molecule has 1 heterocycles. The molecule has 3 unspecified atom stereocenters. The molecule has 3 heteroatoms.